The lowest BCUT2D eigenvalue weighted by Crippen LogP contribution is -2.43. The zero-order valence-electron chi connectivity index (χ0n) is 17.6. The van der Waals surface area contributed by atoms with E-state index in [1.165, 1.54) is 0 Å². The maximum Gasteiger partial charge on any atom is 0.338 e. The van der Waals surface area contributed by atoms with Crippen molar-refractivity contribution in [3.8, 4) is 0 Å². The molecule has 0 spiro atoms. The monoisotopic (exact) mass is 505 g/mol. The highest BCUT2D eigenvalue weighted by atomic mass is 127. The van der Waals surface area contributed by atoms with Gasteiger partial charge in [0.2, 0.25) is 0 Å². The first-order valence-corrected chi connectivity index (χ1v) is 9.93. The van der Waals surface area contributed by atoms with E-state index in [0.717, 1.165) is 43.9 Å². The molecular formula is C21H36IN3O3. The second-order valence-corrected chi connectivity index (χ2v) is 6.65. The van der Waals surface area contributed by atoms with Crippen LogP contribution in [0.3, 0.4) is 0 Å². The predicted octanol–water partition coefficient (Wildman–Crippen LogP) is 3.73. The Hall–Kier alpha value is -1.35. The van der Waals surface area contributed by atoms with Crippen LogP contribution in [0.5, 0.6) is 0 Å². The van der Waals surface area contributed by atoms with Crippen molar-refractivity contribution < 1.29 is 14.6 Å². The van der Waals surface area contributed by atoms with Gasteiger partial charge in [-0.3, -0.25) is 0 Å². The lowest BCUT2D eigenvalue weighted by atomic mass is 9.79. The molecule has 0 aliphatic heterocycles. The average molecular weight is 505 g/mol. The van der Waals surface area contributed by atoms with Crippen molar-refractivity contribution >= 4 is 35.9 Å². The summed E-state index contributed by atoms with van der Waals surface area (Å²) in [6, 6.07) is 7.33. The fourth-order valence-electron chi connectivity index (χ4n) is 2.92. The van der Waals surface area contributed by atoms with E-state index in [1.807, 2.05) is 19.1 Å². The number of nitrogens with zero attached hydrogens (tertiary/aromatic N) is 1. The number of carbonyl (C=O) groups is 1. The van der Waals surface area contributed by atoms with Crippen LogP contribution >= 0.6 is 24.0 Å². The Labute approximate surface area is 186 Å². The fraction of sp³-hybridized carbons (Fsp3) is 0.619. The molecule has 0 saturated heterocycles. The van der Waals surface area contributed by atoms with Gasteiger partial charge >= 0.3 is 5.97 Å². The van der Waals surface area contributed by atoms with Crippen molar-refractivity contribution in [3.05, 3.63) is 35.4 Å². The highest BCUT2D eigenvalue weighted by Crippen LogP contribution is 2.29. The Morgan fingerprint density at radius 1 is 1.11 bits per heavy atom. The van der Waals surface area contributed by atoms with Crippen LogP contribution in [0.1, 0.15) is 62.9 Å². The smallest absolute Gasteiger partial charge is 0.338 e. The minimum absolute atomic E-state index is 0. The number of benzene rings is 1. The standard InChI is InChI=1S/C21H35N3O3.HI/c1-5-21(6-2,13-14-25)16-24-20(22-7-3)23-15-17-9-11-18(12-10-17)19(26)27-8-4;/h9-12,25H,5-8,13-16H2,1-4H3,(H2,22,23,24);1H. The lowest BCUT2D eigenvalue weighted by molar-refractivity contribution is 0.0526. The number of aliphatic imine (C=N–C) groups is 1. The fourth-order valence-corrected chi connectivity index (χ4v) is 2.92. The number of esters is 1. The summed E-state index contributed by atoms with van der Waals surface area (Å²) in [5.74, 6) is 0.457. The predicted molar refractivity (Wildman–Crippen MR) is 125 cm³/mol. The Balaban J connectivity index is 0.00000729. The summed E-state index contributed by atoms with van der Waals surface area (Å²) in [6.07, 6.45) is 2.79. The summed E-state index contributed by atoms with van der Waals surface area (Å²) >= 11 is 0. The molecule has 1 aromatic rings. The molecule has 1 rings (SSSR count). The molecule has 1 aromatic carbocycles. The maximum absolute atomic E-state index is 11.7. The van der Waals surface area contributed by atoms with Crippen molar-refractivity contribution in [1.29, 1.82) is 0 Å². The lowest BCUT2D eigenvalue weighted by Gasteiger charge is -2.32. The Bertz CT molecular complexity index is 587. The van der Waals surface area contributed by atoms with Gasteiger partial charge in [0.15, 0.2) is 5.96 Å². The van der Waals surface area contributed by atoms with E-state index in [9.17, 15) is 9.90 Å². The van der Waals surface area contributed by atoms with E-state index in [1.54, 1.807) is 19.1 Å². The minimum Gasteiger partial charge on any atom is -0.462 e. The first-order valence-electron chi connectivity index (χ1n) is 9.93. The van der Waals surface area contributed by atoms with Crippen LogP contribution in [0.15, 0.2) is 29.3 Å². The van der Waals surface area contributed by atoms with E-state index >= 15 is 0 Å². The third-order valence-corrected chi connectivity index (χ3v) is 5.00. The van der Waals surface area contributed by atoms with Crippen LogP contribution in [0.25, 0.3) is 0 Å². The van der Waals surface area contributed by atoms with Gasteiger partial charge < -0.3 is 20.5 Å². The molecule has 0 heterocycles. The Morgan fingerprint density at radius 2 is 1.75 bits per heavy atom. The minimum atomic E-state index is -0.304. The molecular weight excluding hydrogens is 469 g/mol. The summed E-state index contributed by atoms with van der Waals surface area (Å²) < 4.78 is 5.00. The summed E-state index contributed by atoms with van der Waals surface area (Å²) in [4.78, 5) is 16.4. The largest absolute Gasteiger partial charge is 0.462 e. The molecule has 0 aromatic heterocycles. The number of hydrogen-bond acceptors (Lipinski definition) is 4. The molecule has 7 heteroatoms. The Morgan fingerprint density at radius 3 is 2.25 bits per heavy atom. The summed E-state index contributed by atoms with van der Waals surface area (Å²) in [7, 11) is 0. The molecule has 6 nitrogen and oxygen atoms in total. The molecule has 3 N–H and O–H groups in total. The van der Waals surface area contributed by atoms with E-state index in [-0.39, 0.29) is 42.0 Å². The molecule has 0 bridgehead atoms. The number of carbonyl (C=O) groups excluding carboxylic acids is 1. The van der Waals surface area contributed by atoms with Gasteiger partial charge in [-0.1, -0.05) is 26.0 Å². The van der Waals surface area contributed by atoms with Crippen LogP contribution in [-0.4, -0.2) is 43.3 Å². The molecule has 0 fully saturated rings. The average Bonchev–Trinajstić information content (AvgIpc) is 2.69. The van der Waals surface area contributed by atoms with Gasteiger partial charge in [-0.05, 0) is 56.2 Å². The third kappa shape index (κ3) is 8.77. The molecule has 0 atom stereocenters. The number of hydrogen-bond donors (Lipinski definition) is 3. The van der Waals surface area contributed by atoms with Crippen LogP contribution in [0.4, 0.5) is 0 Å². The van der Waals surface area contributed by atoms with E-state index in [0.29, 0.717) is 18.7 Å². The Kier molecular flexibility index (Phi) is 13.9. The van der Waals surface area contributed by atoms with Gasteiger partial charge in [0, 0.05) is 19.7 Å². The number of halogens is 1. The molecule has 0 unspecified atom stereocenters. The maximum atomic E-state index is 11.7. The zero-order chi connectivity index (χ0) is 20.1. The van der Waals surface area contributed by atoms with E-state index < -0.39 is 0 Å². The zero-order valence-corrected chi connectivity index (χ0v) is 19.9. The first-order chi connectivity index (χ1) is 13.0. The summed E-state index contributed by atoms with van der Waals surface area (Å²) in [5.41, 5.74) is 1.65. The third-order valence-electron chi connectivity index (χ3n) is 5.00. The molecule has 160 valence electrons. The summed E-state index contributed by atoms with van der Waals surface area (Å²) in [6.45, 7) is 10.8. The van der Waals surface area contributed by atoms with E-state index in [4.69, 9.17) is 4.74 Å². The van der Waals surface area contributed by atoms with Crippen LogP contribution < -0.4 is 10.6 Å². The van der Waals surface area contributed by atoms with Crippen molar-refractivity contribution in [2.45, 2.75) is 53.5 Å². The molecule has 0 amide bonds. The SMILES string of the molecule is CCNC(=NCc1ccc(C(=O)OCC)cc1)NCC(CC)(CC)CCO.I. The first kappa shape index (κ1) is 26.6. The van der Waals surface area contributed by atoms with E-state index in [2.05, 4.69) is 29.5 Å². The van der Waals surface area contributed by atoms with Crippen molar-refractivity contribution in [1.82, 2.24) is 10.6 Å². The second kappa shape index (κ2) is 14.6. The molecule has 0 saturated carbocycles. The van der Waals surface area contributed by atoms with Crippen LogP contribution in [0.2, 0.25) is 0 Å². The van der Waals surface area contributed by atoms with Crippen LogP contribution in [0, 0.1) is 5.41 Å². The second-order valence-electron chi connectivity index (χ2n) is 6.65. The molecule has 0 aliphatic rings. The van der Waals surface area contributed by atoms with Gasteiger partial charge in [0.25, 0.3) is 0 Å². The number of aliphatic hydroxyl groups is 1. The van der Waals surface area contributed by atoms with Gasteiger partial charge in [-0.2, -0.15) is 0 Å². The van der Waals surface area contributed by atoms with Gasteiger partial charge in [0.1, 0.15) is 0 Å². The van der Waals surface area contributed by atoms with Crippen molar-refractivity contribution in [3.63, 3.8) is 0 Å². The molecule has 28 heavy (non-hydrogen) atoms. The number of nitrogens with one attached hydrogen (secondary N) is 2. The normalized spacial score (nSPS) is 11.5. The van der Waals surface area contributed by atoms with Crippen molar-refractivity contribution in [2.24, 2.45) is 10.4 Å². The number of ether oxygens (including phenoxy) is 1. The van der Waals surface area contributed by atoms with Gasteiger partial charge in [0.05, 0.1) is 18.7 Å². The van der Waals surface area contributed by atoms with Gasteiger partial charge in [-0.25, -0.2) is 9.79 Å². The number of guanidine groups is 1. The quantitative estimate of drug-likeness (QED) is 0.185. The summed E-state index contributed by atoms with van der Waals surface area (Å²) in [5, 5.41) is 16.1. The molecule has 0 radical (unpaired) electrons. The highest BCUT2D eigenvalue weighted by Gasteiger charge is 2.25. The molecule has 0 aliphatic carbocycles. The van der Waals surface area contributed by atoms with Gasteiger partial charge in [-0.15, -0.1) is 24.0 Å². The topological polar surface area (TPSA) is 83.0 Å². The highest BCUT2D eigenvalue weighted by molar-refractivity contribution is 14.0. The number of rotatable bonds is 11. The van der Waals surface area contributed by atoms with Crippen LogP contribution in [-0.2, 0) is 11.3 Å². The number of aliphatic hydroxyl groups excluding tert-OH is 1. The van der Waals surface area contributed by atoms with Crippen molar-refractivity contribution in [2.75, 3.05) is 26.3 Å².